The number of hydrogen-bond donors (Lipinski definition) is 0. The summed E-state index contributed by atoms with van der Waals surface area (Å²) in [7, 11) is 0. The number of aldehydes is 1. The molecule has 2 bridgehead atoms. The smallest absolute Gasteiger partial charge is 0.139 e. The highest BCUT2D eigenvalue weighted by Gasteiger charge is 2.51. The topological polar surface area (TPSA) is 43.4 Å². The van der Waals surface area contributed by atoms with Crippen molar-refractivity contribution >= 4 is 12.1 Å². The molecule has 0 N–H and O–H groups in total. The van der Waals surface area contributed by atoms with E-state index < -0.39 is 0 Å². The van der Waals surface area contributed by atoms with Crippen molar-refractivity contribution in [1.29, 1.82) is 0 Å². The van der Waals surface area contributed by atoms with Crippen LogP contribution in [0, 0.1) is 11.8 Å². The highest BCUT2D eigenvalue weighted by molar-refractivity contribution is 5.85. The molecule has 2 aliphatic heterocycles. The third-order valence-electron chi connectivity index (χ3n) is 3.21. The predicted octanol–water partition coefficient (Wildman–Crippen LogP) is 0.958. The second-order valence-corrected chi connectivity index (χ2v) is 3.85. The van der Waals surface area contributed by atoms with Gasteiger partial charge in [0.1, 0.15) is 12.1 Å². The molecule has 2 saturated heterocycles. The van der Waals surface area contributed by atoms with Crippen LogP contribution >= 0.6 is 0 Å². The summed E-state index contributed by atoms with van der Waals surface area (Å²) in [6, 6.07) is 0. The van der Waals surface area contributed by atoms with Crippen molar-refractivity contribution in [2.45, 2.75) is 38.4 Å². The summed E-state index contributed by atoms with van der Waals surface area (Å²) in [5.41, 5.74) is 0. The normalized spacial score (nSPS) is 42.2. The van der Waals surface area contributed by atoms with E-state index in [4.69, 9.17) is 4.74 Å². The zero-order chi connectivity index (χ0) is 9.42. The van der Waals surface area contributed by atoms with Crippen molar-refractivity contribution in [1.82, 2.24) is 0 Å². The van der Waals surface area contributed by atoms with E-state index in [0.29, 0.717) is 6.42 Å². The number of ketones is 1. The van der Waals surface area contributed by atoms with Crippen LogP contribution in [0.1, 0.15) is 26.2 Å². The fourth-order valence-electron chi connectivity index (χ4n) is 2.55. The van der Waals surface area contributed by atoms with E-state index in [1.165, 1.54) is 0 Å². The van der Waals surface area contributed by atoms with Gasteiger partial charge in [-0.05, 0) is 12.8 Å². The zero-order valence-corrected chi connectivity index (χ0v) is 7.73. The maximum Gasteiger partial charge on any atom is 0.139 e. The van der Waals surface area contributed by atoms with Crippen LogP contribution < -0.4 is 0 Å². The third-order valence-corrected chi connectivity index (χ3v) is 3.21. The predicted molar refractivity (Wildman–Crippen MR) is 46.2 cm³/mol. The Balaban J connectivity index is 2.17. The number of fused-ring (bicyclic) bond motifs is 2. The Hall–Kier alpha value is -0.700. The molecule has 2 fully saturated rings. The lowest BCUT2D eigenvalue weighted by Crippen LogP contribution is -2.34. The fraction of sp³-hybridized carbons (Fsp3) is 0.800. The molecule has 0 saturated carbocycles. The SMILES string of the molecule is CCC(=O)C1C2CCC(O2)C1C=O. The number of ether oxygens (including phenoxy) is 1. The van der Waals surface area contributed by atoms with Crippen molar-refractivity contribution in [3.63, 3.8) is 0 Å². The summed E-state index contributed by atoms with van der Waals surface area (Å²) in [4.78, 5) is 22.3. The largest absolute Gasteiger partial charge is 0.373 e. The molecule has 72 valence electrons. The minimum atomic E-state index is -0.161. The standard InChI is InChI=1S/C10H14O3/c1-2-7(12)10-6(5-11)8-3-4-9(10)13-8/h5-6,8-10H,2-4H2,1H3. The first kappa shape index (κ1) is 8.88. The minimum Gasteiger partial charge on any atom is -0.373 e. The van der Waals surface area contributed by atoms with Crippen LogP contribution in [0.2, 0.25) is 0 Å². The Morgan fingerprint density at radius 1 is 1.46 bits per heavy atom. The molecule has 0 spiro atoms. The van der Waals surface area contributed by atoms with Crippen molar-refractivity contribution in [2.24, 2.45) is 11.8 Å². The van der Waals surface area contributed by atoms with Crippen molar-refractivity contribution in [3.8, 4) is 0 Å². The van der Waals surface area contributed by atoms with Gasteiger partial charge in [0.2, 0.25) is 0 Å². The average Bonchev–Trinajstić information content (AvgIpc) is 2.74. The molecule has 2 heterocycles. The second-order valence-electron chi connectivity index (χ2n) is 3.85. The van der Waals surface area contributed by atoms with E-state index in [9.17, 15) is 9.59 Å². The molecule has 0 aromatic rings. The van der Waals surface area contributed by atoms with Gasteiger partial charge in [-0.15, -0.1) is 0 Å². The number of hydrogen-bond acceptors (Lipinski definition) is 3. The van der Waals surface area contributed by atoms with E-state index in [1.807, 2.05) is 6.92 Å². The van der Waals surface area contributed by atoms with Crippen LogP contribution in [0.25, 0.3) is 0 Å². The Morgan fingerprint density at radius 3 is 2.77 bits per heavy atom. The maximum absolute atomic E-state index is 11.5. The molecule has 0 radical (unpaired) electrons. The van der Waals surface area contributed by atoms with Crippen molar-refractivity contribution < 1.29 is 14.3 Å². The second kappa shape index (κ2) is 3.22. The molecule has 0 amide bonds. The Morgan fingerprint density at radius 2 is 2.15 bits per heavy atom. The third kappa shape index (κ3) is 1.22. The summed E-state index contributed by atoms with van der Waals surface area (Å²) in [6.07, 6.45) is 3.38. The summed E-state index contributed by atoms with van der Waals surface area (Å²) in [6.45, 7) is 1.84. The van der Waals surface area contributed by atoms with Gasteiger partial charge in [0.15, 0.2) is 0 Å². The van der Waals surface area contributed by atoms with Crippen LogP contribution in [-0.2, 0) is 14.3 Å². The Bertz CT molecular complexity index is 236. The molecular weight excluding hydrogens is 168 g/mol. The van der Waals surface area contributed by atoms with Gasteiger partial charge in [0.25, 0.3) is 0 Å². The number of carbonyl (C=O) groups excluding carboxylic acids is 2. The first-order valence-corrected chi connectivity index (χ1v) is 4.91. The van der Waals surface area contributed by atoms with Gasteiger partial charge in [-0.3, -0.25) is 4.79 Å². The molecule has 2 rings (SSSR count). The summed E-state index contributed by atoms with van der Waals surface area (Å²) in [5, 5.41) is 0. The molecule has 3 heteroatoms. The lowest BCUT2D eigenvalue weighted by Gasteiger charge is -2.21. The lowest BCUT2D eigenvalue weighted by atomic mass is 9.77. The average molecular weight is 182 g/mol. The molecule has 0 aliphatic carbocycles. The van der Waals surface area contributed by atoms with E-state index in [2.05, 4.69) is 0 Å². The molecule has 13 heavy (non-hydrogen) atoms. The number of Topliss-reactive ketones (excluding diaryl/α,β-unsaturated/α-hetero) is 1. The van der Waals surface area contributed by atoms with Crippen molar-refractivity contribution in [3.05, 3.63) is 0 Å². The monoisotopic (exact) mass is 182 g/mol. The molecule has 4 unspecified atom stereocenters. The van der Waals surface area contributed by atoms with Crippen LogP contribution in [0.15, 0.2) is 0 Å². The summed E-state index contributed by atoms with van der Waals surface area (Å²) < 4.78 is 5.56. The van der Waals surface area contributed by atoms with Gasteiger partial charge < -0.3 is 9.53 Å². The lowest BCUT2D eigenvalue weighted by molar-refractivity contribution is -0.128. The van der Waals surface area contributed by atoms with Crippen LogP contribution in [-0.4, -0.2) is 24.3 Å². The van der Waals surface area contributed by atoms with Crippen LogP contribution in [0.5, 0.6) is 0 Å². The maximum atomic E-state index is 11.5. The summed E-state index contributed by atoms with van der Waals surface area (Å²) >= 11 is 0. The fourth-order valence-corrected chi connectivity index (χ4v) is 2.55. The number of rotatable bonds is 3. The molecule has 0 aromatic carbocycles. The van der Waals surface area contributed by atoms with E-state index in [-0.39, 0.29) is 29.8 Å². The van der Waals surface area contributed by atoms with Crippen molar-refractivity contribution in [2.75, 3.05) is 0 Å². The Labute approximate surface area is 77.4 Å². The van der Waals surface area contributed by atoms with Crippen LogP contribution in [0.3, 0.4) is 0 Å². The van der Waals surface area contributed by atoms with E-state index in [1.54, 1.807) is 0 Å². The van der Waals surface area contributed by atoms with Gasteiger partial charge in [-0.1, -0.05) is 6.92 Å². The number of carbonyl (C=O) groups is 2. The highest BCUT2D eigenvalue weighted by atomic mass is 16.5. The van der Waals surface area contributed by atoms with Gasteiger partial charge in [0.05, 0.1) is 24.0 Å². The van der Waals surface area contributed by atoms with Gasteiger partial charge in [0, 0.05) is 6.42 Å². The van der Waals surface area contributed by atoms with Gasteiger partial charge in [-0.25, -0.2) is 0 Å². The molecule has 2 aliphatic rings. The molecular formula is C10H14O3. The highest BCUT2D eigenvalue weighted by Crippen LogP contribution is 2.43. The quantitative estimate of drug-likeness (QED) is 0.610. The van der Waals surface area contributed by atoms with Crippen LogP contribution in [0.4, 0.5) is 0 Å². The van der Waals surface area contributed by atoms with Gasteiger partial charge >= 0.3 is 0 Å². The summed E-state index contributed by atoms with van der Waals surface area (Å²) in [5.74, 6) is -0.114. The molecule has 4 atom stereocenters. The first-order valence-electron chi connectivity index (χ1n) is 4.91. The Kier molecular flexibility index (Phi) is 2.20. The minimum absolute atomic E-state index is 0.0306. The molecule has 3 nitrogen and oxygen atoms in total. The van der Waals surface area contributed by atoms with Gasteiger partial charge in [-0.2, -0.15) is 0 Å². The molecule has 0 aromatic heterocycles. The van der Waals surface area contributed by atoms with E-state index >= 15 is 0 Å². The zero-order valence-electron chi connectivity index (χ0n) is 7.73. The first-order chi connectivity index (χ1) is 6.27. The van der Waals surface area contributed by atoms with E-state index in [0.717, 1.165) is 19.1 Å².